The summed E-state index contributed by atoms with van der Waals surface area (Å²) in [5.41, 5.74) is 5.94. The van der Waals surface area contributed by atoms with Crippen molar-refractivity contribution >= 4 is 38.8 Å². The Morgan fingerprint density at radius 3 is 2.60 bits per heavy atom. The summed E-state index contributed by atoms with van der Waals surface area (Å²) in [6.07, 6.45) is 0. The highest BCUT2D eigenvalue weighted by Gasteiger charge is 2.26. The molecule has 0 aliphatic carbocycles. The van der Waals surface area contributed by atoms with Gasteiger partial charge in [0.1, 0.15) is 4.99 Å². The van der Waals surface area contributed by atoms with Gasteiger partial charge >= 0.3 is 0 Å². The van der Waals surface area contributed by atoms with Gasteiger partial charge in [-0.05, 0) is 25.1 Å². The first-order chi connectivity index (χ1) is 9.21. The predicted octanol–water partition coefficient (Wildman–Crippen LogP) is 1.63. The van der Waals surface area contributed by atoms with Crippen molar-refractivity contribution in [2.24, 2.45) is 5.73 Å². The maximum Gasteiger partial charge on any atom is 0.243 e. The molecule has 1 rings (SSSR count). The van der Waals surface area contributed by atoms with Crippen LogP contribution in [-0.4, -0.2) is 44.5 Å². The Hall–Kier alpha value is -0.730. The molecule has 0 fully saturated rings. The molecule has 0 saturated carbocycles. The van der Waals surface area contributed by atoms with E-state index in [0.717, 1.165) is 0 Å². The number of hydrogen-bond acceptors (Lipinski definition) is 4. The molecule has 2 N–H and O–H groups in total. The summed E-state index contributed by atoms with van der Waals surface area (Å²) in [5, 5.41) is 0.214. The summed E-state index contributed by atoms with van der Waals surface area (Å²) in [4.78, 5) is 0.216. The molecule has 1 atom stereocenters. The second kappa shape index (κ2) is 6.82. The standard InChI is InChI=1S/C12H17ClN2O3S2/c1-8(7-18-3)15(2)20(16,17)9-4-5-10(12(14)19)11(13)6-9/h4-6,8H,7H2,1-3H3,(H2,14,19). The van der Waals surface area contributed by atoms with Crippen LogP contribution in [0.5, 0.6) is 0 Å². The van der Waals surface area contributed by atoms with Crippen molar-refractivity contribution in [3.8, 4) is 0 Å². The van der Waals surface area contributed by atoms with Crippen LogP contribution in [0.4, 0.5) is 0 Å². The van der Waals surface area contributed by atoms with Crippen molar-refractivity contribution in [3.63, 3.8) is 0 Å². The number of benzene rings is 1. The van der Waals surface area contributed by atoms with Gasteiger partial charge in [0, 0.05) is 25.8 Å². The van der Waals surface area contributed by atoms with Gasteiger partial charge in [0.15, 0.2) is 0 Å². The molecule has 0 amide bonds. The topological polar surface area (TPSA) is 72.6 Å². The molecular formula is C12H17ClN2O3S2. The lowest BCUT2D eigenvalue weighted by Gasteiger charge is -2.23. The zero-order chi connectivity index (χ0) is 15.5. The van der Waals surface area contributed by atoms with E-state index in [0.29, 0.717) is 12.2 Å². The molecule has 0 heterocycles. The molecule has 20 heavy (non-hydrogen) atoms. The molecule has 0 aliphatic rings. The van der Waals surface area contributed by atoms with E-state index in [-0.39, 0.29) is 20.9 Å². The molecule has 0 bridgehead atoms. The fourth-order valence-electron chi connectivity index (χ4n) is 1.61. The Kier molecular flexibility index (Phi) is 5.91. The smallest absolute Gasteiger partial charge is 0.243 e. The molecule has 5 nitrogen and oxygen atoms in total. The summed E-state index contributed by atoms with van der Waals surface area (Å²) >= 11 is 10.8. The van der Waals surface area contributed by atoms with E-state index in [4.69, 9.17) is 34.3 Å². The molecule has 8 heteroatoms. The third-order valence-corrected chi connectivity index (χ3v) is 5.41. The van der Waals surface area contributed by atoms with Gasteiger partial charge in [-0.25, -0.2) is 8.42 Å². The van der Waals surface area contributed by atoms with Crippen LogP contribution in [0.1, 0.15) is 12.5 Å². The van der Waals surface area contributed by atoms with Crippen LogP contribution >= 0.6 is 23.8 Å². The van der Waals surface area contributed by atoms with Crippen molar-refractivity contribution in [2.75, 3.05) is 20.8 Å². The Labute approximate surface area is 129 Å². The van der Waals surface area contributed by atoms with Crippen molar-refractivity contribution < 1.29 is 13.2 Å². The number of methoxy groups -OCH3 is 1. The number of halogens is 1. The summed E-state index contributed by atoms with van der Waals surface area (Å²) in [6.45, 7) is 2.06. The summed E-state index contributed by atoms with van der Waals surface area (Å²) in [6, 6.07) is 4.00. The Balaban J connectivity index is 3.16. The Bertz CT molecular complexity index is 605. The molecule has 0 spiro atoms. The minimum atomic E-state index is -3.64. The average molecular weight is 337 g/mol. The maximum atomic E-state index is 12.4. The highest BCUT2D eigenvalue weighted by molar-refractivity contribution is 7.89. The van der Waals surface area contributed by atoms with E-state index in [1.54, 1.807) is 6.92 Å². The number of hydrogen-bond donors (Lipinski definition) is 1. The molecule has 112 valence electrons. The Morgan fingerprint density at radius 1 is 1.55 bits per heavy atom. The van der Waals surface area contributed by atoms with Gasteiger partial charge in [0.05, 0.1) is 16.5 Å². The fraction of sp³-hybridized carbons (Fsp3) is 0.417. The lowest BCUT2D eigenvalue weighted by Crippen LogP contribution is -2.37. The van der Waals surface area contributed by atoms with Gasteiger partial charge in [-0.3, -0.25) is 0 Å². The molecular weight excluding hydrogens is 320 g/mol. The highest BCUT2D eigenvalue weighted by Crippen LogP contribution is 2.23. The number of rotatable bonds is 6. The van der Waals surface area contributed by atoms with E-state index >= 15 is 0 Å². The first-order valence-corrected chi connectivity index (χ1v) is 8.00. The normalized spacial score (nSPS) is 13.4. The molecule has 0 saturated heterocycles. The van der Waals surface area contributed by atoms with Crippen LogP contribution in [0.15, 0.2) is 23.1 Å². The first kappa shape index (κ1) is 17.3. The van der Waals surface area contributed by atoms with Crippen LogP contribution in [0, 0.1) is 0 Å². The van der Waals surface area contributed by atoms with Crippen molar-refractivity contribution in [1.82, 2.24) is 4.31 Å². The quantitative estimate of drug-likeness (QED) is 0.799. The van der Waals surface area contributed by atoms with Crippen LogP contribution in [0.25, 0.3) is 0 Å². The summed E-state index contributed by atoms with van der Waals surface area (Å²) in [5.74, 6) is 0. The third-order valence-electron chi connectivity index (χ3n) is 2.91. The van der Waals surface area contributed by atoms with Crippen LogP contribution in [-0.2, 0) is 14.8 Å². The lowest BCUT2D eigenvalue weighted by atomic mass is 10.2. The molecule has 1 aromatic rings. The number of thiocarbonyl (C=S) groups is 1. The monoisotopic (exact) mass is 336 g/mol. The first-order valence-electron chi connectivity index (χ1n) is 5.78. The number of nitrogens with two attached hydrogens (primary N) is 1. The number of ether oxygens (including phenoxy) is 1. The Morgan fingerprint density at radius 2 is 2.15 bits per heavy atom. The van der Waals surface area contributed by atoms with Crippen LogP contribution in [0.3, 0.4) is 0 Å². The zero-order valence-corrected chi connectivity index (χ0v) is 13.8. The second-order valence-corrected chi connectivity index (χ2v) is 7.18. The molecule has 1 unspecified atom stereocenters. The summed E-state index contributed by atoms with van der Waals surface area (Å²) in [7, 11) is -0.627. The molecule has 0 aliphatic heterocycles. The fourth-order valence-corrected chi connectivity index (χ4v) is 3.56. The largest absolute Gasteiger partial charge is 0.389 e. The van der Waals surface area contributed by atoms with Gasteiger partial charge in [0.2, 0.25) is 10.0 Å². The van der Waals surface area contributed by atoms with Gasteiger partial charge < -0.3 is 10.5 Å². The molecule has 0 aromatic heterocycles. The zero-order valence-electron chi connectivity index (χ0n) is 11.5. The number of nitrogens with zero attached hydrogens (tertiary/aromatic N) is 1. The molecule has 0 radical (unpaired) electrons. The third kappa shape index (κ3) is 3.67. The van der Waals surface area contributed by atoms with Crippen LogP contribution in [0.2, 0.25) is 5.02 Å². The van der Waals surface area contributed by atoms with E-state index in [9.17, 15) is 8.42 Å². The minimum Gasteiger partial charge on any atom is -0.389 e. The van der Waals surface area contributed by atoms with Crippen molar-refractivity contribution in [3.05, 3.63) is 28.8 Å². The van der Waals surface area contributed by atoms with E-state index in [1.165, 1.54) is 36.7 Å². The molecule has 1 aromatic carbocycles. The average Bonchev–Trinajstić information content (AvgIpc) is 2.37. The van der Waals surface area contributed by atoms with Crippen molar-refractivity contribution in [1.29, 1.82) is 0 Å². The van der Waals surface area contributed by atoms with Crippen LogP contribution < -0.4 is 5.73 Å². The van der Waals surface area contributed by atoms with Gasteiger partial charge in [-0.1, -0.05) is 23.8 Å². The summed E-state index contributed by atoms with van der Waals surface area (Å²) < 4.78 is 31.1. The lowest BCUT2D eigenvalue weighted by molar-refractivity contribution is 0.149. The van der Waals surface area contributed by atoms with E-state index in [2.05, 4.69) is 0 Å². The van der Waals surface area contributed by atoms with Gasteiger partial charge in [-0.2, -0.15) is 4.31 Å². The predicted molar refractivity (Wildman–Crippen MR) is 83.6 cm³/mol. The minimum absolute atomic E-state index is 0.0907. The highest BCUT2D eigenvalue weighted by atomic mass is 35.5. The number of sulfonamides is 1. The second-order valence-electron chi connectivity index (χ2n) is 4.33. The number of likely N-dealkylation sites (N-methyl/N-ethyl adjacent to an activating group) is 1. The van der Waals surface area contributed by atoms with E-state index < -0.39 is 10.0 Å². The SMILES string of the molecule is COCC(C)N(C)S(=O)(=O)c1ccc(C(N)=S)c(Cl)c1. The van der Waals surface area contributed by atoms with Gasteiger partial charge in [-0.15, -0.1) is 0 Å². The van der Waals surface area contributed by atoms with Crippen molar-refractivity contribution in [2.45, 2.75) is 17.9 Å². The van der Waals surface area contributed by atoms with E-state index in [1.807, 2.05) is 0 Å². The van der Waals surface area contributed by atoms with Gasteiger partial charge in [0.25, 0.3) is 0 Å². The maximum absolute atomic E-state index is 12.4.